The van der Waals surface area contributed by atoms with Gasteiger partial charge in [0.05, 0.1) is 5.56 Å². The number of phenolic OH excluding ortho intramolecular Hbond substituents is 8. The van der Waals surface area contributed by atoms with Crippen molar-refractivity contribution >= 4 is 16.9 Å². The molecule has 1 aromatic heterocycles. The molecule has 0 bridgehead atoms. The molecule has 2 heterocycles. The van der Waals surface area contributed by atoms with E-state index in [-0.39, 0.29) is 5.56 Å². The van der Waals surface area contributed by atoms with Gasteiger partial charge in [-0.25, -0.2) is 4.79 Å². The van der Waals surface area contributed by atoms with E-state index in [1.807, 2.05) is 0 Å². The van der Waals surface area contributed by atoms with Gasteiger partial charge in [-0.2, -0.15) is 0 Å². The quantitative estimate of drug-likeness (QED) is 0.0995. The zero-order chi connectivity index (χ0) is 32.9. The molecular formula is C28H24O17. The Morgan fingerprint density at radius 3 is 1.91 bits per heavy atom. The Hall–Kier alpha value is -5.62. The standard InChI is InChI=1S/C28H24O17/c29-10-5-11(30)18-16(6-10)43-25(8-1-12(31)19(35)13(32)2-8)26(22(18)38)45-28-24(40)23(39)21(37)17(44-28)7-42-27(41)9-3-14(33)20(36)15(34)4-9/h1-6,17,21,23-24,28-37,39-40H,7H2/t17-,21-,23+,24-,28+/m0/s1. The molecule has 0 aliphatic carbocycles. The average Bonchev–Trinajstić information content (AvgIpc) is 2.98. The van der Waals surface area contributed by atoms with Crippen LogP contribution in [0.25, 0.3) is 22.3 Å². The molecule has 4 aromatic rings. The molecule has 0 saturated carbocycles. The number of aliphatic hydroxyl groups is 3. The molecule has 1 aliphatic rings. The van der Waals surface area contributed by atoms with Gasteiger partial charge in [0.15, 0.2) is 40.3 Å². The fourth-order valence-corrected chi connectivity index (χ4v) is 4.53. The Balaban J connectivity index is 1.50. The topological polar surface area (TPSA) is 298 Å². The van der Waals surface area contributed by atoms with Crippen molar-refractivity contribution in [2.24, 2.45) is 0 Å². The van der Waals surface area contributed by atoms with Gasteiger partial charge in [-0.05, 0) is 24.3 Å². The Bertz CT molecular complexity index is 1820. The number of aliphatic hydroxyl groups excluding tert-OH is 3. The van der Waals surface area contributed by atoms with Gasteiger partial charge in [0, 0.05) is 17.7 Å². The van der Waals surface area contributed by atoms with E-state index in [2.05, 4.69) is 0 Å². The van der Waals surface area contributed by atoms with Crippen molar-refractivity contribution in [3.8, 4) is 63.1 Å². The van der Waals surface area contributed by atoms with Crippen LogP contribution in [0.3, 0.4) is 0 Å². The third-order valence-corrected chi connectivity index (χ3v) is 6.84. The van der Waals surface area contributed by atoms with Gasteiger partial charge in [-0.1, -0.05) is 0 Å². The van der Waals surface area contributed by atoms with Crippen LogP contribution < -0.4 is 10.2 Å². The van der Waals surface area contributed by atoms with Gasteiger partial charge in [-0.3, -0.25) is 4.79 Å². The van der Waals surface area contributed by atoms with E-state index in [4.69, 9.17) is 18.6 Å². The second-order valence-electron chi connectivity index (χ2n) is 9.88. The minimum atomic E-state index is -2.07. The van der Waals surface area contributed by atoms with Crippen LogP contribution in [0.4, 0.5) is 0 Å². The molecule has 17 nitrogen and oxygen atoms in total. The van der Waals surface area contributed by atoms with E-state index >= 15 is 0 Å². The number of benzene rings is 3. The molecule has 3 aromatic carbocycles. The van der Waals surface area contributed by atoms with Gasteiger partial charge in [-0.15, -0.1) is 0 Å². The fraction of sp³-hybridized carbons (Fsp3) is 0.214. The van der Waals surface area contributed by atoms with E-state index in [1.165, 1.54) is 0 Å². The molecule has 17 heteroatoms. The van der Waals surface area contributed by atoms with Gasteiger partial charge in [0.1, 0.15) is 53.5 Å². The summed E-state index contributed by atoms with van der Waals surface area (Å²) in [7, 11) is 0. The summed E-state index contributed by atoms with van der Waals surface area (Å²) in [5.74, 6) is -9.11. The number of fused-ring (bicyclic) bond motifs is 1. The highest BCUT2D eigenvalue weighted by Crippen LogP contribution is 2.43. The number of aromatic hydroxyl groups is 8. The van der Waals surface area contributed by atoms with Crippen molar-refractivity contribution in [1.82, 2.24) is 0 Å². The number of hydrogen-bond donors (Lipinski definition) is 11. The summed E-state index contributed by atoms with van der Waals surface area (Å²) in [6.45, 7) is -0.828. The summed E-state index contributed by atoms with van der Waals surface area (Å²) < 4.78 is 21.8. The first-order valence-electron chi connectivity index (χ1n) is 12.7. The monoisotopic (exact) mass is 632 g/mol. The number of hydrogen-bond acceptors (Lipinski definition) is 17. The van der Waals surface area contributed by atoms with Crippen molar-refractivity contribution in [1.29, 1.82) is 0 Å². The van der Waals surface area contributed by atoms with Crippen LogP contribution in [0.1, 0.15) is 10.4 Å². The van der Waals surface area contributed by atoms with E-state index in [1.54, 1.807) is 0 Å². The summed E-state index contributed by atoms with van der Waals surface area (Å²) in [6, 6.07) is 5.02. The van der Waals surface area contributed by atoms with Crippen molar-refractivity contribution in [2.75, 3.05) is 6.61 Å². The lowest BCUT2D eigenvalue weighted by atomic mass is 9.99. The molecule has 1 fully saturated rings. The van der Waals surface area contributed by atoms with Crippen molar-refractivity contribution in [3.05, 3.63) is 52.2 Å². The number of rotatable bonds is 6. The Morgan fingerprint density at radius 1 is 0.733 bits per heavy atom. The minimum Gasteiger partial charge on any atom is -0.508 e. The van der Waals surface area contributed by atoms with E-state index in [0.717, 1.165) is 36.4 Å². The van der Waals surface area contributed by atoms with Gasteiger partial charge >= 0.3 is 5.97 Å². The lowest BCUT2D eigenvalue weighted by Gasteiger charge is -2.39. The summed E-state index contributed by atoms with van der Waals surface area (Å²) >= 11 is 0. The highest BCUT2D eigenvalue weighted by atomic mass is 16.7. The van der Waals surface area contributed by atoms with E-state index in [0.29, 0.717) is 0 Å². The third kappa shape index (κ3) is 5.58. The van der Waals surface area contributed by atoms with Gasteiger partial charge < -0.3 is 74.8 Å². The summed E-state index contributed by atoms with van der Waals surface area (Å²) in [5, 5.41) is 110. The van der Waals surface area contributed by atoms with Crippen LogP contribution in [0.5, 0.6) is 51.7 Å². The second kappa shape index (κ2) is 11.5. The van der Waals surface area contributed by atoms with Crippen LogP contribution in [0.2, 0.25) is 0 Å². The summed E-state index contributed by atoms with van der Waals surface area (Å²) in [5.41, 5.74) is -2.26. The maximum atomic E-state index is 13.6. The van der Waals surface area contributed by atoms with Crippen molar-refractivity contribution in [3.63, 3.8) is 0 Å². The maximum Gasteiger partial charge on any atom is 0.338 e. The Labute approximate surface area is 249 Å². The first kappa shape index (κ1) is 30.8. The molecule has 5 rings (SSSR count). The molecule has 238 valence electrons. The number of ether oxygens (including phenoxy) is 3. The number of carbonyl (C=O) groups is 1. The largest absolute Gasteiger partial charge is 0.508 e. The fourth-order valence-electron chi connectivity index (χ4n) is 4.53. The molecule has 0 amide bonds. The maximum absolute atomic E-state index is 13.6. The first-order chi connectivity index (χ1) is 21.2. The van der Waals surface area contributed by atoms with Gasteiger partial charge in [0.2, 0.25) is 17.5 Å². The summed E-state index contributed by atoms with van der Waals surface area (Å²) in [4.78, 5) is 26.0. The molecule has 0 unspecified atom stereocenters. The molecule has 45 heavy (non-hydrogen) atoms. The molecule has 1 saturated heterocycles. The molecular weight excluding hydrogens is 608 g/mol. The van der Waals surface area contributed by atoms with Gasteiger partial charge in [0.25, 0.3) is 0 Å². The van der Waals surface area contributed by atoms with E-state index < -0.39 is 123 Å². The zero-order valence-corrected chi connectivity index (χ0v) is 22.4. The third-order valence-electron chi connectivity index (χ3n) is 6.84. The van der Waals surface area contributed by atoms with Crippen LogP contribution in [-0.4, -0.2) is 99.5 Å². The number of esters is 1. The zero-order valence-electron chi connectivity index (χ0n) is 22.4. The normalized spacial score (nSPS) is 21.4. The highest BCUT2D eigenvalue weighted by Gasteiger charge is 2.46. The molecule has 0 spiro atoms. The summed E-state index contributed by atoms with van der Waals surface area (Å²) in [6.07, 6.45) is -9.67. The molecule has 11 N–H and O–H groups in total. The lowest BCUT2D eigenvalue weighted by molar-refractivity contribution is -0.277. The van der Waals surface area contributed by atoms with Crippen LogP contribution in [0.15, 0.2) is 45.6 Å². The van der Waals surface area contributed by atoms with Crippen LogP contribution in [0, 0.1) is 0 Å². The molecule has 0 radical (unpaired) electrons. The van der Waals surface area contributed by atoms with Crippen molar-refractivity contribution < 1.29 is 79.6 Å². The van der Waals surface area contributed by atoms with Crippen LogP contribution in [-0.2, 0) is 9.47 Å². The SMILES string of the molecule is O=C(OC[C@@H]1O[C@H](Oc2c(-c3cc(O)c(O)c(O)c3)oc3cc(O)cc(O)c3c2=O)[C@@H](O)[C@H](O)[C@H]1O)c1cc(O)c(O)c(O)c1. The van der Waals surface area contributed by atoms with E-state index in [9.17, 15) is 65.8 Å². The minimum absolute atomic E-state index is 0.295. The number of carbonyl (C=O) groups excluding carboxylic acids is 1. The average molecular weight is 632 g/mol. The highest BCUT2D eigenvalue weighted by molar-refractivity contribution is 5.91. The smallest absolute Gasteiger partial charge is 0.338 e. The number of phenols is 8. The first-order valence-corrected chi connectivity index (χ1v) is 12.7. The second-order valence-corrected chi connectivity index (χ2v) is 9.88. The Morgan fingerprint density at radius 2 is 1.31 bits per heavy atom. The Kier molecular flexibility index (Phi) is 7.86. The lowest BCUT2D eigenvalue weighted by Crippen LogP contribution is -2.60. The molecule has 1 aliphatic heterocycles. The van der Waals surface area contributed by atoms with Crippen molar-refractivity contribution in [2.45, 2.75) is 30.7 Å². The predicted octanol–water partition coefficient (Wildman–Crippen LogP) is 0.148. The predicted molar refractivity (Wildman–Crippen MR) is 145 cm³/mol. The van der Waals surface area contributed by atoms with Crippen LogP contribution >= 0.6 is 0 Å². The molecule has 5 atom stereocenters.